The van der Waals surface area contributed by atoms with E-state index in [-0.39, 0.29) is 24.7 Å². The molecule has 1 aliphatic carbocycles. The second-order valence-electron chi connectivity index (χ2n) is 17.3. The Morgan fingerprint density at radius 3 is 2.11 bits per heavy atom. The Balaban J connectivity index is 0.733. The molecule has 5 aliphatic heterocycles. The number of carbonyl (C=O) groups excluding carboxylic acids is 4. The van der Waals surface area contributed by atoms with Gasteiger partial charge in [-0.05, 0) is 120 Å². The molecule has 57 heavy (non-hydrogen) atoms. The van der Waals surface area contributed by atoms with E-state index >= 15 is 0 Å². The molecule has 0 spiro atoms. The zero-order chi connectivity index (χ0) is 38.8. The molecule has 10 nitrogen and oxygen atoms in total. The van der Waals surface area contributed by atoms with Crippen LogP contribution in [-0.2, 0) is 16.0 Å². The van der Waals surface area contributed by atoms with E-state index in [9.17, 15) is 24.3 Å². The summed E-state index contributed by atoms with van der Waals surface area (Å²) in [6.07, 6.45) is 4.68. The molecule has 5 heterocycles. The molecule has 0 radical (unpaired) electrons. The number of imide groups is 2. The number of likely N-dealkylation sites (tertiary alicyclic amines) is 1. The van der Waals surface area contributed by atoms with E-state index < -0.39 is 23.8 Å². The molecule has 6 aliphatic rings. The van der Waals surface area contributed by atoms with Crippen LogP contribution >= 0.6 is 0 Å². The molecule has 0 aromatic heterocycles. The summed E-state index contributed by atoms with van der Waals surface area (Å²) in [6.45, 7) is 7.30. The minimum Gasteiger partial charge on any atom is -0.508 e. The maximum Gasteiger partial charge on any atom is 0.262 e. The Morgan fingerprint density at radius 1 is 0.649 bits per heavy atom. The number of aromatic hydroxyl groups is 1. The smallest absolute Gasteiger partial charge is 0.262 e. The number of rotatable bonds is 7. The first-order chi connectivity index (χ1) is 27.8. The van der Waals surface area contributed by atoms with E-state index in [4.69, 9.17) is 0 Å². The molecule has 4 saturated heterocycles. The van der Waals surface area contributed by atoms with Gasteiger partial charge in [-0.15, -0.1) is 0 Å². The van der Waals surface area contributed by atoms with Gasteiger partial charge in [0.05, 0.1) is 11.1 Å². The topological polar surface area (TPSA) is 114 Å². The number of carbonyl (C=O) groups is 4. The van der Waals surface area contributed by atoms with Crippen molar-refractivity contribution >= 4 is 35.0 Å². The van der Waals surface area contributed by atoms with Crippen molar-refractivity contribution in [2.75, 3.05) is 55.6 Å². The number of anilines is 2. The Kier molecular flexibility index (Phi) is 9.12. The number of amides is 4. The lowest BCUT2D eigenvalue weighted by Crippen LogP contribution is -2.54. The number of piperidine rings is 2. The van der Waals surface area contributed by atoms with Gasteiger partial charge in [0.2, 0.25) is 11.8 Å². The molecule has 2 N–H and O–H groups in total. The zero-order valence-electron chi connectivity index (χ0n) is 32.2. The number of hydrogen-bond acceptors (Lipinski definition) is 8. The van der Waals surface area contributed by atoms with Crippen molar-refractivity contribution in [3.05, 3.63) is 124 Å². The summed E-state index contributed by atoms with van der Waals surface area (Å²) in [6, 6.07) is 30.7. The third-order valence-corrected chi connectivity index (χ3v) is 13.9. The lowest BCUT2D eigenvalue weighted by Gasteiger charge is -2.37. The van der Waals surface area contributed by atoms with Gasteiger partial charge in [-0.1, -0.05) is 48.5 Å². The van der Waals surface area contributed by atoms with Crippen LogP contribution in [0.1, 0.15) is 86.9 Å². The van der Waals surface area contributed by atoms with Crippen LogP contribution in [0.3, 0.4) is 0 Å². The fourth-order valence-corrected chi connectivity index (χ4v) is 11.0. The van der Waals surface area contributed by atoms with Gasteiger partial charge >= 0.3 is 0 Å². The summed E-state index contributed by atoms with van der Waals surface area (Å²) in [7, 11) is 0. The van der Waals surface area contributed by atoms with Crippen molar-refractivity contribution in [3.63, 3.8) is 0 Å². The van der Waals surface area contributed by atoms with Crippen molar-refractivity contribution in [1.82, 2.24) is 15.1 Å². The highest BCUT2D eigenvalue weighted by Crippen LogP contribution is 2.47. The molecule has 4 aromatic carbocycles. The number of nitrogens with zero attached hydrogens (tertiary/aromatic N) is 4. The van der Waals surface area contributed by atoms with Crippen LogP contribution in [0.25, 0.3) is 0 Å². The van der Waals surface area contributed by atoms with Crippen LogP contribution in [0, 0.1) is 17.8 Å². The summed E-state index contributed by atoms with van der Waals surface area (Å²) in [5.74, 6) is 0.939. The van der Waals surface area contributed by atoms with Gasteiger partial charge in [0.1, 0.15) is 11.8 Å². The molecule has 10 rings (SSSR count). The maximum atomic E-state index is 13.4. The molecular formula is C47H49N5O5. The summed E-state index contributed by atoms with van der Waals surface area (Å²) in [4.78, 5) is 59.4. The molecular weight excluding hydrogens is 715 g/mol. The normalized spacial score (nSPS) is 26.5. The quantitative estimate of drug-likeness (QED) is 0.223. The second kappa shape index (κ2) is 14.5. The number of fused-ring (bicyclic) bond motifs is 3. The Bertz CT molecular complexity index is 2220. The molecule has 3 unspecified atom stereocenters. The SMILES string of the molecule is O=C1CCC(N2C(=O)c3ccc(N4CC5CN(CC6CCN(c7ccc([C@@H]8c9ccc(O)cc9CC[C@@H]8c8ccccc8)cc7)CC6)CC5C4)cc3C2=O)C(=O)N1. The van der Waals surface area contributed by atoms with Crippen molar-refractivity contribution < 1.29 is 24.3 Å². The van der Waals surface area contributed by atoms with Crippen molar-refractivity contribution in [3.8, 4) is 5.75 Å². The van der Waals surface area contributed by atoms with E-state index in [1.54, 1.807) is 6.07 Å². The monoisotopic (exact) mass is 763 g/mol. The molecule has 4 aromatic rings. The first kappa shape index (κ1) is 35.9. The summed E-state index contributed by atoms with van der Waals surface area (Å²) in [5.41, 5.74) is 8.22. The third kappa shape index (κ3) is 6.57. The van der Waals surface area contributed by atoms with E-state index in [1.807, 2.05) is 24.3 Å². The fourth-order valence-electron chi connectivity index (χ4n) is 11.0. The van der Waals surface area contributed by atoms with Crippen molar-refractivity contribution in [2.45, 2.75) is 56.4 Å². The lowest BCUT2D eigenvalue weighted by atomic mass is 9.69. The fraction of sp³-hybridized carbons (Fsp3) is 0.404. The predicted molar refractivity (Wildman–Crippen MR) is 218 cm³/mol. The first-order valence-electron chi connectivity index (χ1n) is 20.8. The Labute approximate surface area is 333 Å². The van der Waals surface area contributed by atoms with Crippen LogP contribution in [0.4, 0.5) is 11.4 Å². The number of phenolic OH excluding ortho intramolecular Hbond substituents is 1. The largest absolute Gasteiger partial charge is 0.508 e. The lowest BCUT2D eigenvalue weighted by molar-refractivity contribution is -0.136. The number of nitrogens with one attached hydrogen (secondary N) is 1. The minimum absolute atomic E-state index is 0.109. The van der Waals surface area contributed by atoms with Crippen molar-refractivity contribution in [2.24, 2.45) is 17.8 Å². The molecule has 4 amide bonds. The van der Waals surface area contributed by atoms with Crippen LogP contribution in [0.5, 0.6) is 5.75 Å². The highest BCUT2D eigenvalue weighted by molar-refractivity contribution is 6.23. The van der Waals surface area contributed by atoms with Gasteiger partial charge in [-0.3, -0.25) is 29.4 Å². The van der Waals surface area contributed by atoms with E-state index in [2.05, 4.69) is 80.7 Å². The average Bonchev–Trinajstić information content (AvgIpc) is 3.88. The molecule has 5 atom stereocenters. The highest BCUT2D eigenvalue weighted by Gasteiger charge is 2.46. The second-order valence-corrected chi connectivity index (χ2v) is 17.3. The Hall–Kier alpha value is -5.48. The van der Waals surface area contributed by atoms with Gasteiger partial charge < -0.3 is 19.8 Å². The summed E-state index contributed by atoms with van der Waals surface area (Å²) >= 11 is 0. The van der Waals surface area contributed by atoms with Gasteiger partial charge in [0.25, 0.3) is 11.8 Å². The molecule has 292 valence electrons. The van der Waals surface area contributed by atoms with Crippen LogP contribution in [0.2, 0.25) is 0 Å². The number of hydrogen-bond donors (Lipinski definition) is 2. The number of aryl methyl sites for hydroxylation is 1. The van der Waals surface area contributed by atoms with Gasteiger partial charge in [0, 0.05) is 69.5 Å². The molecule has 0 bridgehead atoms. The van der Waals surface area contributed by atoms with Crippen LogP contribution < -0.4 is 15.1 Å². The van der Waals surface area contributed by atoms with E-state index in [1.165, 1.54) is 40.8 Å². The predicted octanol–water partition coefficient (Wildman–Crippen LogP) is 5.94. The van der Waals surface area contributed by atoms with Crippen LogP contribution in [-0.4, -0.2) is 90.4 Å². The Morgan fingerprint density at radius 2 is 1.37 bits per heavy atom. The van der Waals surface area contributed by atoms with Gasteiger partial charge in [-0.25, -0.2) is 0 Å². The van der Waals surface area contributed by atoms with Crippen LogP contribution in [0.15, 0.2) is 91.0 Å². The average molecular weight is 764 g/mol. The third-order valence-electron chi connectivity index (χ3n) is 13.9. The molecule has 0 saturated carbocycles. The number of benzene rings is 4. The van der Waals surface area contributed by atoms with Gasteiger partial charge in [0.15, 0.2) is 0 Å². The molecule has 10 heteroatoms. The standard InChI is InChI=1S/C47H49N5O5/c53-37-12-15-39-32(22-37)8-13-38(30-4-2-1-3-5-30)44(39)31-6-9-35(10-7-31)50-20-18-29(19-21-50)24-49-25-33-27-51(28-34(33)26-49)36-11-14-40-41(23-36)47(57)52(46(40)56)42-16-17-43(54)48-45(42)55/h1-7,9-12,14-15,22-23,29,33-34,38,42,44,53H,8,13,16-21,24-28H2,(H,48,54,55)/t33?,34?,38-,42?,44+/m1/s1. The molecule has 4 fully saturated rings. The van der Waals surface area contributed by atoms with Gasteiger partial charge in [-0.2, -0.15) is 0 Å². The maximum absolute atomic E-state index is 13.4. The van der Waals surface area contributed by atoms with E-state index in [0.29, 0.717) is 40.5 Å². The summed E-state index contributed by atoms with van der Waals surface area (Å²) in [5, 5.41) is 12.5. The van der Waals surface area contributed by atoms with E-state index in [0.717, 1.165) is 69.2 Å². The summed E-state index contributed by atoms with van der Waals surface area (Å²) < 4.78 is 0. The highest BCUT2D eigenvalue weighted by atomic mass is 16.3. The number of phenols is 1. The van der Waals surface area contributed by atoms with Crippen molar-refractivity contribution in [1.29, 1.82) is 0 Å². The zero-order valence-corrected chi connectivity index (χ0v) is 32.2. The first-order valence-corrected chi connectivity index (χ1v) is 20.8. The minimum atomic E-state index is -0.952.